The van der Waals surface area contributed by atoms with Crippen molar-refractivity contribution in [2.45, 2.75) is 17.9 Å². The van der Waals surface area contributed by atoms with E-state index in [1.54, 1.807) is 35.5 Å². The number of nitrogens with one attached hydrogen (secondary N) is 1. The third-order valence-corrected chi connectivity index (χ3v) is 7.70. The smallest absolute Gasteiger partial charge is 0.253 e. The number of hydrogen-bond acceptors (Lipinski definition) is 6. The fourth-order valence-electron chi connectivity index (χ4n) is 4.09. The van der Waals surface area contributed by atoms with Crippen LogP contribution in [0.4, 0.5) is 0 Å². The van der Waals surface area contributed by atoms with Crippen LogP contribution in [0.1, 0.15) is 17.3 Å². The van der Waals surface area contributed by atoms with E-state index >= 15 is 0 Å². The molecule has 1 saturated heterocycles. The first-order chi connectivity index (χ1) is 15.5. The number of sulfonamides is 1. The minimum absolute atomic E-state index is 0.0925. The van der Waals surface area contributed by atoms with E-state index in [4.69, 9.17) is 0 Å². The average Bonchev–Trinajstić information content (AvgIpc) is 3.49. The Labute approximate surface area is 184 Å². The summed E-state index contributed by atoms with van der Waals surface area (Å²) in [6, 6.07) is 10.3. The van der Waals surface area contributed by atoms with Crippen molar-refractivity contribution in [3.05, 3.63) is 66.7 Å². The van der Waals surface area contributed by atoms with E-state index < -0.39 is 10.0 Å². The predicted octanol–water partition coefficient (Wildman–Crippen LogP) is 1.68. The highest BCUT2D eigenvalue weighted by molar-refractivity contribution is 7.89. The van der Waals surface area contributed by atoms with Crippen LogP contribution in [0.2, 0.25) is 0 Å². The second kappa shape index (κ2) is 7.84. The topological polar surface area (TPSA) is 117 Å². The number of aromatic amines is 1. The van der Waals surface area contributed by atoms with Gasteiger partial charge in [-0.3, -0.25) is 4.79 Å². The largest absolute Gasteiger partial charge is 0.357 e. The number of amides is 1. The van der Waals surface area contributed by atoms with Gasteiger partial charge >= 0.3 is 0 Å². The van der Waals surface area contributed by atoms with Gasteiger partial charge in [0.05, 0.1) is 17.9 Å². The van der Waals surface area contributed by atoms with Crippen LogP contribution in [-0.4, -0.2) is 74.2 Å². The number of piperazine rings is 1. The van der Waals surface area contributed by atoms with Gasteiger partial charge in [0.2, 0.25) is 10.0 Å². The molecule has 5 rings (SSSR count). The van der Waals surface area contributed by atoms with Crippen molar-refractivity contribution in [2.75, 3.05) is 19.6 Å². The highest BCUT2D eigenvalue weighted by Crippen LogP contribution is 2.30. The summed E-state index contributed by atoms with van der Waals surface area (Å²) in [6.07, 6.45) is 6.20. The van der Waals surface area contributed by atoms with E-state index in [1.807, 2.05) is 25.1 Å². The zero-order chi connectivity index (χ0) is 22.3. The Morgan fingerprint density at radius 3 is 2.66 bits per heavy atom. The molecule has 4 heterocycles. The molecule has 1 atom stereocenters. The Bertz CT molecular complexity index is 1370. The molecule has 0 aliphatic carbocycles. The van der Waals surface area contributed by atoms with E-state index in [2.05, 4.69) is 20.3 Å². The van der Waals surface area contributed by atoms with Gasteiger partial charge in [0, 0.05) is 49.0 Å². The summed E-state index contributed by atoms with van der Waals surface area (Å²) in [5.41, 5.74) is 1.16. The Morgan fingerprint density at radius 1 is 1.12 bits per heavy atom. The zero-order valence-electron chi connectivity index (χ0n) is 17.3. The van der Waals surface area contributed by atoms with Crippen LogP contribution in [0, 0.1) is 0 Å². The lowest BCUT2D eigenvalue weighted by Crippen LogP contribution is -2.55. The fourth-order valence-corrected chi connectivity index (χ4v) is 5.87. The summed E-state index contributed by atoms with van der Waals surface area (Å²) in [4.78, 5) is 22.0. The maximum absolute atomic E-state index is 13.6. The first-order valence-corrected chi connectivity index (χ1v) is 11.6. The highest BCUT2D eigenvalue weighted by atomic mass is 32.2. The summed E-state index contributed by atoms with van der Waals surface area (Å²) in [5.74, 6) is 0.373. The molecule has 4 aromatic rings. The van der Waals surface area contributed by atoms with Crippen molar-refractivity contribution in [2.24, 2.45) is 0 Å². The SMILES string of the molecule is C[C@@H]1CN(C(=O)c2ccccc2)CCN1S(=O)(=O)c1c[nH]c2c(-n3ccnn3)nccc12. The normalized spacial score (nSPS) is 17.7. The molecular formula is C21H21N7O3S. The van der Waals surface area contributed by atoms with Crippen LogP contribution in [0.3, 0.4) is 0 Å². The number of benzene rings is 1. The Kier molecular flexibility index (Phi) is 4.98. The van der Waals surface area contributed by atoms with Crippen LogP contribution in [-0.2, 0) is 10.0 Å². The Morgan fingerprint density at radius 2 is 1.94 bits per heavy atom. The molecule has 1 aliphatic heterocycles. The van der Waals surface area contributed by atoms with Crippen molar-refractivity contribution in [3.63, 3.8) is 0 Å². The molecule has 1 N–H and O–H groups in total. The number of carbonyl (C=O) groups is 1. The van der Waals surface area contributed by atoms with Gasteiger partial charge in [-0.15, -0.1) is 5.10 Å². The first kappa shape index (κ1) is 20.3. The molecular weight excluding hydrogens is 430 g/mol. The van der Waals surface area contributed by atoms with Gasteiger partial charge in [0.15, 0.2) is 5.82 Å². The van der Waals surface area contributed by atoms with Gasteiger partial charge in [-0.25, -0.2) is 18.1 Å². The molecule has 0 bridgehead atoms. The zero-order valence-corrected chi connectivity index (χ0v) is 18.1. The van der Waals surface area contributed by atoms with Crippen LogP contribution >= 0.6 is 0 Å². The van der Waals surface area contributed by atoms with Crippen molar-refractivity contribution >= 4 is 26.8 Å². The molecule has 10 nitrogen and oxygen atoms in total. The van der Waals surface area contributed by atoms with Gasteiger partial charge in [-0.1, -0.05) is 23.4 Å². The minimum Gasteiger partial charge on any atom is -0.357 e. The van der Waals surface area contributed by atoms with Gasteiger partial charge in [0.1, 0.15) is 4.90 Å². The highest BCUT2D eigenvalue weighted by Gasteiger charge is 2.36. The molecule has 1 fully saturated rings. The maximum Gasteiger partial charge on any atom is 0.253 e. The van der Waals surface area contributed by atoms with Gasteiger partial charge < -0.3 is 9.88 Å². The van der Waals surface area contributed by atoms with Crippen LogP contribution in [0.15, 0.2) is 66.1 Å². The summed E-state index contributed by atoms with van der Waals surface area (Å²) in [6.45, 7) is 2.68. The van der Waals surface area contributed by atoms with E-state index in [-0.39, 0.29) is 23.4 Å². The Hall–Kier alpha value is -3.57. The van der Waals surface area contributed by atoms with Crippen molar-refractivity contribution in [1.82, 2.24) is 34.2 Å². The van der Waals surface area contributed by atoms with Crippen LogP contribution in [0.25, 0.3) is 16.7 Å². The monoisotopic (exact) mass is 451 g/mol. The lowest BCUT2D eigenvalue weighted by molar-refractivity contribution is 0.0642. The maximum atomic E-state index is 13.6. The molecule has 0 spiro atoms. The molecule has 32 heavy (non-hydrogen) atoms. The summed E-state index contributed by atoms with van der Waals surface area (Å²) in [5, 5.41) is 8.26. The second-order valence-electron chi connectivity index (χ2n) is 7.64. The van der Waals surface area contributed by atoms with Crippen LogP contribution < -0.4 is 0 Å². The number of aromatic nitrogens is 5. The molecule has 11 heteroatoms. The number of nitrogens with zero attached hydrogens (tertiary/aromatic N) is 6. The molecule has 0 unspecified atom stereocenters. The van der Waals surface area contributed by atoms with Crippen molar-refractivity contribution in [3.8, 4) is 5.82 Å². The number of pyridine rings is 1. The van der Waals surface area contributed by atoms with E-state index in [0.717, 1.165) is 0 Å². The number of carbonyl (C=O) groups excluding carboxylic acids is 1. The third kappa shape index (κ3) is 3.35. The van der Waals surface area contributed by atoms with Crippen molar-refractivity contribution < 1.29 is 13.2 Å². The lowest BCUT2D eigenvalue weighted by atomic mass is 10.1. The van der Waals surface area contributed by atoms with Gasteiger partial charge in [-0.2, -0.15) is 4.31 Å². The number of fused-ring (bicyclic) bond motifs is 1. The molecule has 0 saturated carbocycles. The summed E-state index contributed by atoms with van der Waals surface area (Å²) in [7, 11) is -3.80. The summed E-state index contributed by atoms with van der Waals surface area (Å²) >= 11 is 0. The molecule has 0 radical (unpaired) electrons. The van der Waals surface area contributed by atoms with E-state index in [1.165, 1.54) is 21.4 Å². The second-order valence-corrected chi connectivity index (χ2v) is 9.50. The molecule has 1 amide bonds. The molecule has 1 aromatic carbocycles. The van der Waals surface area contributed by atoms with Gasteiger partial charge in [-0.05, 0) is 25.1 Å². The van der Waals surface area contributed by atoms with Crippen molar-refractivity contribution in [1.29, 1.82) is 0 Å². The van der Waals surface area contributed by atoms with Gasteiger partial charge in [0.25, 0.3) is 5.91 Å². The quantitative estimate of drug-likeness (QED) is 0.505. The third-order valence-electron chi connectivity index (χ3n) is 5.64. The average molecular weight is 452 g/mol. The number of hydrogen-bond donors (Lipinski definition) is 1. The van der Waals surface area contributed by atoms with E-state index in [9.17, 15) is 13.2 Å². The fraction of sp³-hybridized carbons (Fsp3) is 0.238. The molecule has 1 aliphatic rings. The predicted molar refractivity (Wildman–Crippen MR) is 117 cm³/mol. The number of H-pyrrole nitrogens is 1. The van der Waals surface area contributed by atoms with E-state index in [0.29, 0.717) is 35.4 Å². The van der Waals surface area contributed by atoms with Crippen LogP contribution in [0.5, 0.6) is 0 Å². The first-order valence-electron chi connectivity index (χ1n) is 10.2. The Balaban J connectivity index is 1.43. The lowest BCUT2D eigenvalue weighted by Gasteiger charge is -2.38. The minimum atomic E-state index is -3.80. The molecule has 164 valence electrons. The molecule has 3 aromatic heterocycles. The standard InChI is InChI=1S/C21H21N7O3S/c1-15-14-26(21(29)16-5-3-2-4-6-16)11-12-28(15)32(30,31)18-13-23-19-17(18)7-8-22-20(19)27-10-9-24-25-27/h2-10,13,15,23H,11-12,14H2,1H3/t15-/m1/s1. The summed E-state index contributed by atoms with van der Waals surface area (Å²) < 4.78 is 30.1. The number of rotatable bonds is 4.